The van der Waals surface area contributed by atoms with Crippen LogP contribution < -0.4 is 4.90 Å². The second-order valence-corrected chi connectivity index (χ2v) is 6.14. The second kappa shape index (κ2) is 8.98. The standard InChI is InChI=1S/C17H29N3O/c1-2-3-4-6-16-13-18-17(19-14-16)20-10-8-15(9-11-20)7-5-12-21/h13-15,21H,2-12H2,1H3. The van der Waals surface area contributed by atoms with Gasteiger partial charge in [0, 0.05) is 32.1 Å². The lowest BCUT2D eigenvalue weighted by atomic mass is 9.92. The van der Waals surface area contributed by atoms with Crippen molar-refractivity contribution < 1.29 is 5.11 Å². The Balaban J connectivity index is 1.78. The average Bonchev–Trinajstić information content (AvgIpc) is 2.54. The Morgan fingerprint density at radius 1 is 1.14 bits per heavy atom. The predicted molar refractivity (Wildman–Crippen MR) is 86.5 cm³/mol. The molecular weight excluding hydrogens is 262 g/mol. The summed E-state index contributed by atoms with van der Waals surface area (Å²) in [7, 11) is 0. The molecule has 1 aromatic heterocycles. The molecule has 4 heteroatoms. The molecule has 21 heavy (non-hydrogen) atoms. The Morgan fingerprint density at radius 2 is 1.86 bits per heavy atom. The molecule has 0 radical (unpaired) electrons. The minimum atomic E-state index is 0.322. The highest BCUT2D eigenvalue weighted by Crippen LogP contribution is 2.24. The number of hydrogen-bond acceptors (Lipinski definition) is 4. The van der Waals surface area contributed by atoms with Crippen LogP contribution in [-0.4, -0.2) is 34.8 Å². The Labute approximate surface area is 128 Å². The number of rotatable bonds is 8. The molecule has 1 aliphatic heterocycles. The van der Waals surface area contributed by atoms with E-state index in [1.807, 2.05) is 12.4 Å². The van der Waals surface area contributed by atoms with Crippen LogP contribution in [0.5, 0.6) is 0 Å². The molecule has 1 N–H and O–H groups in total. The van der Waals surface area contributed by atoms with Crippen LogP contribution in [0.2, 0.25) is 0 Å². The quantitative estimate of drug-likeness (QED) is 0.747. The third-order valence-electron chi connectivity index (χ3n) is 4.43. The Hall–Kier alpha value is -1.16. The van der Waals surface area contributed by atoms with Crippen LogP contribution >= 0.6 is 0 Å². The molecule has 0 atom stereocenters. The fourth-order valence-corrected chi connectivity index (χ4v) is 3.02. The number of aryl methyl sites for hydroxylation is 1. The van der Waals surface area contributed by atoms with Gasteiger partial charge in [0.2, 0.25) is 5.95 Å². The number of aliphatic hydroxyl groups excluding tert-OH is 1. The number of aliphatic hydroxyl groups is 1. The van der Waals surface area contributed by atoms with E-state index in [0.717, 1.165) is 44.2 Å². The monoisotopic (exact) mass is 291 g/mol. The maximum Gasteiger partial charge on any atom is 0.225 e. The lowest BCUT2D eigenvalue weighted by Gasteiger charge is -2.31. The van der Waals surface area contributed by atoms with Crippen LogP contribution in [0.3, 0.4) is 0 Å². The smallest absolute Gasteiger partial charge is 0.225 e. The van der Waals surface area contributed by atoms with Crippen molar-refractivity contribution in [3.05, 3.63) is 18.0 Å². The van der Waals surface area contributed by atoms with Crippen molar-refractivity contribution in [1.82, 2.24) is 9.97 Å². The summed E-state index contributed by atoms with van der Waals surface area (Å²) in [4.78, 5) is 11.4. The topological polar surface area (TPSA) is 49.2 Å². The van der Waals surface area contributed by atoms with Gasteiger partial charge in [0.05, 0.1) is 0 Å². The van der Waals surface area contributed by atoms with Gasteiger partial charge in [-0.3, -0.25) is 0 Å². The fraction of sp³-hybridized carbons (Fsp3) is 0.765. The van der Waals surface area contributed by atoms with E-state index < -0.39 is 0 Å². The zero-order valence-corrected chi connectivity index (χ0v) is 13.3. The molecule has 0 spiro atoms. The maximum absolute atomic E-state index is 8.90. The minimum absolute atomic E-state index is 0.322. The first-order chi connectivity index (χ1) is 10.3. The highest BCUT2D eigenvalue weighted by atomic mass is 16.2. The molecule has 2 heterocycles. The molecule has 1 aromatic rings. The van der Waals surface area contributed by atoms with Crippen LogP contribution in [-0.2, 0) is 6.42 Å². The Morgan fingerprint density at radius 3 is 2.48 bits per heavy atom. The lowest BCUT2D eigenvalue weighted by Crippen LogP contribution is -2.34. The Bertz CT molecular complexity index is 386. The van der Waals surface area contributed by atoms with Crippen molar-refractivity contribution in [2.75, 3.05) is 24.6 Å². The first kappa shape index (κ1) is 16.2. The summed E-state index contributed by atoms with van der Waals surface area (Å²) in [5.41, 5.74) is 1.25. The number of piperidine rings is 1. The van der Waals surface area contributed by atoms with Gasteiger partial charge in [-0.2, -0.15) is 0 Å². The molecule has 0 unspecified atom stereocenters. The van der Waals surface area contributed by atoms with Gasteiger partial charge >= 0.3 is 0 Å². The molecule has 0 bridgehead atoms. The highest BCUT2D eigenvalue weighted by molar-refractivity contribution is 5.30. The van der Waals surface area contributed by atoms with Gasteiger partial charge in [0.25, 0.3) is 0 Å². The molecule has 0 saturated carbocycles. The normalized spacial score (nSPS) is 16.4. The molecule has 4 nitrogen and oxygen atoms in total. The number of hydrogen-bond donors (Lipinski definition) is 1. The molecule has 0 amide bonds. The highest BCUT2D eigenvalue weighted by Gasteiger charge is 2.20. The van der Waals surface area contributed by atoms with Gasteiger partial charge in [-0.1, -0.05) is 19.8 Å². The van der Waals surface area contributed by atoms with E-state index in [1.54, 1.807) is 0 Å². The van der Waals surface area contributed by atoms with E-state index in [4.69, 9.17) is 5.11 Å². The molecular formula is C17H29N3O. The van der Waals surface area contributed by atoms with Crippen LogP contribution in [0.1, 0.15) is 57.4 Å². The van der Waals surface area contributed by atoms with Crippen molar-refractivity contribution in [3.8, 4) is 0 Å². The van der Waals surface area contributed by atoms with Crippen LogP contribution in [0.25, 0.3) is 0 Å². The fourth-order valence-electron chi connectivity index (χ4n) is 3.02. The van der Waals surface area contributed by atoms with Gasteiger partial charge in [0.15, 0.2) is 0 Å². The largest absolute Gasteiger partial charge is 0.396 e. The number of aromatic nitrogens is 2. The number of unbranched alkanes of at least 4 members (excludes halogenated alkanes) is 2. The van der Waals surface area contributed by atoms with Crippen LogP contribution in [0, 0.1) is 5.92 Å². The second-order valence-electron chi connectivity index (χ2n) is 6.14. The molecule has 2 rings (SSSR count). The first-order valence-electron chi connectivity index (χ1n) is 8.50. The summed E-state index contributed by atoms with van der Waals surface area (Å²) in [6.07, 6.45) is 13.3. The number of nitrogens with zero attached hydrogens (tertiary/aromatic N) is 3. The van der Waals surface area contributed by atoms with Gasteiger partial charge in [-0.15, -0.1) is 0 Å². The predicted octanol–water partition coefficient (Wildman–Crippen LogP) is 3.20. The summed E-state index contributed by atoms with van der Waals surface area (Å²) in [6, 6.07) is 0. The SMILES string of the molecule is CCCCCc1cnc(N2CCC(CCCO)CC2)nc1. The summed E-state index contributed by atoms with van der Waals surface area (Å²) >= 11 is 0. The zero-order chi connectivity index (χ0) is 14.9. The Kier molecular flexibility index (Phi) is 6.93. The minimum Gasteiger partial charge on any atom is -0.396 e. The van der Waals surface area contributed by atoms with Gasteiger partial charge < -0.3 is 10.0 Å². The van der Waals surface area contributed by atoms with Gasteiger partial charge in [-0.05, 0) is 50.0 Å². The lowest BCUT2D eigenvalue weighted by molar-refractivity contribution is 0.261. The summed E-state index contributed by atoms with van der Waals surface area (Å²) in [5.74, 6) is 1.65. The van der Waals surface area contributed by atoms with Gasteiger partial charge in [-0.25, -0.2) is 9.97 Å². The molecule has 0 aliphatic carbocycles. The van der Waals surface area contributed by atoms with E-state index in [0.29, 0.717) is 6.61 Å². The molecule has 118 valence electrons. The van der Waals surface area contributed by atoms with E-state index in [2.05, 4.69) is 21.8 Å². The van der Waals surface area contributed by atoms with Crippen molar-refractivity contribution in [2.24, 2.45) is 5.92 Å². The molecule has 1 fully saturated rings. The average molecular weight is 291 g/mol. The van der Waals surface area contributed by atoms with E-state index >= 15 is 0 Å². The first-order valence-corrected chi connectivity index (χ1v) is 8.50. The van der Waals surface area contributed by atoms with Crippen molar-refractivity contribution in [2.45, 2.75) is 58.3 Å². The van der Waals surface area contributed by atoms with Crippen molar-refractivity contribution in [3.63, 3.8) is 0 Å². The maximum atomic E-state index is 8.90. The van der Waals surface area contributed by atoms with Crippen LogP contribution in [0.4, 0.5) is 5.95 Å². The van der Waals surface area contributed by atoms with Crippen LogP contribution in [0.15, 0.2) is 12.4 Å². The van der Waals surface area contributed by atoms with E-state index in [-0.39, 0.29) is 0 Å². The summed E-state index contributed by atoms with van der Waals surface area (Å²) in [5, 5.41) is 8.90. The zero-order valence-electron chi connectivity index (χ0n) is 13.3. The molecule has 1 aliphatic rings. The van der Waals surface area contributed by atoms with Gasteiger partial charge in [0.1, 0.15) is 0 Å². The van der Waals surface area contributed by atoms with Crippen molar-refractivity contribution >= 4 is 5.95 Å². The van der Waals surface area contributed by atoms with E-state index in [1.165, 1.54) is 37.7 Å². The molecule has 0 aromatic carbocycles. The molecule has 1 saturated heterocycles. The third kappa shape index (κ3) is 5.27. The third-order valence-corrected chi connectivity index (χ3v) is 4.43. The van der Waals surface area contributed by atoms with E-state index in [9.17, 15) is 0 Å². The van der Waals surface area contributed by atoms with Crippen molar-refractivity contribution in [1.29, 1.82) is 0 Å². The summed E-state index contributed by atoms with van der Waals surface area (Å²) in [6.45, 7) is 4.64. The number of anilines is 1. The summed E-state index contributed by atoms with van der Waals surface area (Å²) < 4.78 is 0.